The van der Waals surface area contributed by atoms with E-state index in [1.54, 1.807) is 0 Å². The van der Waals surface area contributed by atoms with Crippen LogP contribution in [0.3, 0.4) is 0 Å². The molecule has 1 heterocycles. The highest BCUT2D eigenvalue weighted by atomic mass is 16.2. The lowest BCUT2D eigenvalue weighted by Crippen LogP contribution is -2.57. The van der Waals surface area contributed by atoms with Crippen molar-refractivity contribution in [3.8, 4) is 0 Å². The Kier molecular flexibility index (Phi) is 3.69. The van der Waals surface area contributed by atoms with E-state index in [1.165, 1.54) is 19.3 Å². The fourth-order valence-corrected chi connectivity index (χ4v) is 2.83. The van der Waals surface area contributed by atoms with Crippen LogP contribution >= 0.6 is 0 Å². The molecule has 2 fully saturated rings. The van der Waals surface area contributed by atoms with E-state index < -0.39 is 0 Å². The largest absolute Gasteiger partial charge is 0.331 e. The summed E-state index contributed by atoms with van der Waals surface area (Å²) in [5.41, 5.74) is 5.74. The molecule has 3 N–H and O–H groups in total. The molecule has 0 bridgehead atoms. The monoisotopic (exact) mass is 225 g/mol. The van der Waals surface area contributed by atoms with Gasteiger partial charge in [-0.25, -0.2) is 4.79 Å². The van der Waals surface area contributed by atoms with E-state index in [2.05, 4.69) is 5.32 Å². The van der Waals surface area contributed by atoms with Gasteiger partial charge in [0.2, 0.25) is 0 Å². The normalized spacial score (nSPS) is 24.4. The van der Waals surface area contributed by atoms with Crippen LogP contribution in [0, 0.1) is 0 Å². The number of urea groups is 1. The SMILES string of the molecule is NCC1(NC(=O)N2CCCC2)CCCCC1. The third-order valence-electron chi connectivity index (χ3n) is 3.97. The first-order valence-corrected chi connectivity index (χ1v) is 6.53. The van der Waals surface area contributed by atoms with E-state index in [0.717, 1.165) is 38.8 Å². The molecular formula is C12H23N3O. The highest BCUT2D eigenvalue weighted by Gasteiger charge is 2.33. The Hall–Kier alpha value is -0.770. The lowest BCUT2D eigenvalue weighted by molar-refractivity contribution is 0.178. The van der Waals surface area contributed by atoms with Crippen molar-refractivity contribution in [1.29, 1.82) is 0 Å². The minimum atomic E-state index is -0.113. The van der Waals surface area contributed by atoms with Gasteiger partial charge in [0.1, 0.15) is 0 Å². The molecule has 2 amide bonds. The standard InChI is InChI=1S/C12H23N3O/c13-10-12(6-2-1-3-7-12)14-11(16)15-8-4-5-9-15/h1-10,13H2,(H,14,16). The van der Waals surface area contributed by atoms with E-state index in [0.29, 0.717) is 6.54 Å². The third-order valence-corrected chi connectivity index (χ3v) is 3.97. The number of amides is 2. The van der Waals surface area contributed by atoms with E-state index in [9.17, 15) is 4.79 Å². The summed E-state index contributed by atoms with van der Waals surface area (Å²) in [5, 5.41) is 3.19. The van der Waals surface area contributed by atoms with Crippen molar-refractivity contribution < 1.29 is 4.79 Å². The Morgan fingerprint density at radius 2 is 1.75 bits per heavy atom. The van der Waals surface area contributed by atoms with Gasteiger partial charge in [-0.2, -0.15) is 0 Å². The van der Waals surface area contributed by atoms with Gasteiger partial charge in [-0.05, 0) is 25.7 Å². The van der Waals surface area contributed by atoms with E-state index in [4.69, 9.17) is 5.73 Å². The molecule has 16 heavy (non-hydrogen) atoms. The van der Waals surface area contributed by atoms with Gasteiger partial charge in [0.05, 0.1) is 5.54 Å². The lowest BCUT2D eigenvalue weighted by atomic mass is 9.82. The summed E-state index contributed by atoms with van der Waals surface area (Å²) < 4.78 is 0. The number of carbonyl (C=O) groups is 1. The summed E-state index contributed by atoms with van der Waals surface area (Å²) in [6, 6.07) is 0.102. The van der Waals surface area contributed by atoms with Gasteiger partial charge >= 0.3 is 6.03 Å². The van der Waals surface area contributed by atoms with Crippen molar-refractivity contribution in [2.24, 2.45) is 5.73 Å². The minimum Gasteiger partial charge on any atom is -0.331 e. The van der Waals surface area contributed by atoms with Crippen LogP contribution in [0.1, 0.15) is 44.9 Å². The highest BCUT2D eigenvalue weighted by molar-refractivity contribution is 5.75. The number of nitrogens with one attached hydrogen (secondary N) is 1. The first-order chi connectivity index (χ1) is 7.76. The zero-order valence-electron chi connectivity index (χ0n) is 10.0. The minimum absolute atomic E-state index is 0.102. The molecule has 0 spiro atoms. The van der Waals surface area contributed by atoms with Crippen LogP contribution in [0.25, 0.3) is 0 Å². The molecule has 0 aromatic rings. The summed E-state index contributed by atoms with van der Waals surface area (Å²) in [6.45, 7) is 2.39. The molecule has 0 aromatic heterocycles. The number of hydrogen-bond donors (Lipinski definition) is 2. The number of nitrogens with two attached hydrogens (primary N) is 1. The van der Waals surface area contributed by atoms with E-state index in [-0.39, 0.29) is 11.6 Å². The fourth-order valence-electron chi connectivity index (χ4n) is 2.83. The van der Waals surface area contributed by atoms with Gasteiger partial charge in [-0.15, -0.1) is 0 Å². The summed E-state index contributed by atoms with van der Waals surface area (Å²) >= 11 is 0. The maximum atomic E-state index is 12.0. The predicted octanol–water partition coefficient (Wildman–Crippen LogP) is 1.45. The Morgan fingerprint density at radius 3 is 2.31 bits per heavy atom. The van der Waals surface area contributed by atoms with Crippen molar-refractivity contribution in [3.63, 3.8) is 0 Å². The first kappa shape index (κ1) is 11.7. The number of nitrogens with zero attached hydrogens (tertiary/aromatic N) is 1. The molecule has 0 atom stereocenters. The molecule has 1 aliphatic heterocycles. The molecule has 1 saturated carbocycles. The van der Waals surface area contributed by atoms with Crippen molar-refractivity contribution >= 4 is 6.03 Å². The third kappa shape index (κ3) is 2.48. The summed E-state index contributed by atoms with van der Waals surface area (Å²) in [5.74, 6) is 0. The summed E-state index contributed by atoms with van der Waals surface area (Å²) in [7, 11) is 0. The van der Waals surface area contributed by atoms with Gasteiger partial charge in [0, 0.05) is 19.6 Å². The lowest BCUT2D eigenvalue weighted by Gasteiger charge is -2.38. The molecule has 0 radical (unpaired) electrons. The molecule has 92 valence electrons. The quantitative estimate of drug-likeness (QED) is 0.747. The van der Waals surface area contributed by atoms with Gasteiger partial charge in [-0.3, -0.25) is 0 Å². The van der Waals surface area contributed by atoms with Crippen molar-refractivity contribution in [2.75, 3.05) is 19.6 Å². The number of rotatable bonds is 2. The zero-order valence-corrected chi connectivity index (χ0v) is 10.0. The average molecular weight is 225 g/mol. The van der Waals surface area contributed by atoms with Crippen LogP contribution < -0.4 is 11.1 Å². The van der Waals surface area contributed by atoms with E-state index in [1.807, 2.05) is 4.90 Å². The predicted molar refractivity (Wildman–Crippen MR) is 64.2 cm³/mol. The van der Waals surface area contributed by atoms with Crippen LogP contribution in [0.2, 0.25) is 0 Å². The van der Waals surface area contributed by atoms with E-state index >= 15 is 0 Å². The average Bonchev–Trinajstić information content (AvgIpc) is 2.84. The second kappa shape index (κ2) is 5.04. The van der Waals surface area contributed by atoms with Crippen LogP contribution in [0.4, 0.5) is 4.79 Å². The summed E-state index contributed by atoms with van der Waals surface area (Å²) in [4.78, 5) is 14.0. The van der Waals surface area contributed by atoms with Crippen LogP contribution in [0.5, 0.6) is 0 Å². The van der Waals surface area contributed by atoms with Crippen LogP contribution in [0.15, 0.2) is 0 Å². The smallest absolute Gasteiger partial charge is 0.317 e. The highest BCUT2D eigenvalue weighted by Crippen LogP contribution is 2.27. The fraction of sp³-hybridized carbons (Fsp3) is 0.917. The van der Waals surface area contributed by atoms with Gasteiger partial charge < -0.3 is 16.0 Å². The van der Waals surface area contributed by atoms with Crippen molar-refractivity contribution in [2.45, 2.75) is 50.5 Å². The Balaban J connectivity index is 1.91. The molecule has 1 saturated heterocycles. The number of carbonyl (C=O) groups excluding carboxylic acids is 1. The van der Waals surface area contributed by atoms with Crippen LogP contribution in [-0.4, -0.2) is 36.1 Å². The first-order valence-electron chi connectivity index (χ1n) is 6.53. The molecule has 2 rings (SSSR count). The van der Waals surface area contributed by atoms with Crippen LogP contribution in [-0.2, 0) is 0 Å². The topological polar surface area (TPSA) is 58.4 Å². The van der Waals surface area contributed by atoms with Gasteiger partial charge in [-0.1, -0.05) is 19.3 Å². The summed E-state index contributed by atoms with van der Waals surface area (Å²) in [6.07, 6.45) is 8.04. The molecule has 4 heteroatoms. The van der Waals surface area contributed by atoms with Gasteiger partial charge in [0.25, 0.3) is 0 Å². The Labute approximate surface area is 97.6 Å². The molecule has 1 aliphatic carbocycles. The molecular weight excluding hydrogens is 202 g/mol. The number of likely N-dealkylation sites (tertiary alicyclic amines) is 1. The van der Waals surface area contributed by atoms with Crippen molar-refractivity contribution in [3.05, 3.63) is 0 Å². The molecule has 0 unspecified atom stereocenters. The second-order valence-corrected chi connectivity index (χ2v) is 5.17. The zero-order chi connectivity index (χ0) is 11.4. The van der Waals surface area contributed by atoms with Gasteiger partial charge in [0.15, 0.2) is 0 Å². The number of hydrogen-bond acceptors (Lipinski definition) is 2. The second-order valence-electron chi connectivity index (χ2n) is 5.17. The van der Waals surface area contributed by atoms with Crippen molar-refractivity contribution in [1.82, 2.24) is 10.2 Å². The Bertz CT molecular complexity index is 243. The maximum Gasteiger partial charge on any atom is 0.317 e. The molecule has 2 aliphatic rings. The molecule has 0 aromatic carbocycles. The molecule has 4 nitrogen and oxygen atoms in total. The maximum absolute atomic E-state index is 12.0. The Morgan fingerprint density at radius 1 is 1.12 bits per heavy atom.